The topological polar surface area (TPSA) is 92.4 Å². The Hall–Kier alpha value is -2.04. The number of aryl methyl sites for hydroxylation is 1. The molecule has 5 heteroatoms. The predicted molar refractivity (Wildman–Crippen MR) is 71.8 cm³/mol. The number of carboxylic acid groups (broad SMARTS) is 1. The third-order valence-electron chi connectivity index (χ3n) is 3.66. The lowest BCUT2D eigenvalue weighted by Crippen LogP contribution is -2.54. The summed E-state index contributed by atoms with van der Waals surface area (Å²) < 4.78 is 0. The molecule has 0 aliphatic heterocycles. The van der Waals surface area contributed by atoms with Crippen LogP contribution in [0.1, 0.15) is 35.7 Å². The maximum Gasteiger partial charge on any atom is 0.329 e. The first kappa shape index (κ1) is 13.4. The standard InChI is InChI=1S/C14H18N2O3/c1-8-3-6-11(15)10(7-8)12(17)16-14(2,13(18)19)9-4-5-9/h3,6-7,9H,4-5,15H2,1-2H3,(H,16,17)(H,18,19). The van der Waals surface area contributed by atoms with E-state index in [0.717, 1.165) is 18.4 Å². The molecule has 0 saturated heterocycles. The van der Waals surface area contributed by atoms with Crippen molar-refractivity contribution in [2.75, 3.05) is 5.73 Å². The molecule has 0 heterocycles. The average Bonchev–Trinajstić information content (AvgIpc) is 3.16. The Labute approximate surface area is 111 Å². The molecule has 4 N–H and O–H groups in total. The zero-order valence-corrected chi connectivity index (χ0v) is 11.1. The van der Waals surface area contributed by atoms with Gasteiger partial charge in [-0.1, -0.05) is 11.6 Å². The molecule has 1 saturated carbocycles. The molecule has 0 radical (unpaired) electrons. The molecule has 0 aromatic heterocycles. The number of aliphatic carboxylic acids is 1. The first-order valence-corrected chi connectivity index (χ1v) is 6.26. The molecule has 1 fully saturated rings. The lowest BCUT2D eigenvalue weighted by molar-refractivity contribution is -0.144. The molecule has 1 amide bonds. The van der Waals surface area contributed by atoms with Gasteiger partial charge >= 0.3 is 5.97 Å². The van der Waals surface area contributed by atoms with Crippen LogP contribution in [-0.4, -0.2) is 22.5 Å². The number of benzene rings is 1. The van der Waals surface area contributed by atoms with Gasteiger partial charge in [-0.05, 0) is 44.7 Å². The second kappa shape index (κ2) is 4.57. The van der Waals surface area contributed by atoms with E-state index in [9.17, 15) is 14.7 Å². The fourth-order valence-electron chi connectivity index (χ4n) is 2.16. The molecule has 1 aliphatic carbocycles. The number of carbonyl (C=O) groups excluding carboxylic acids is 1. The van der Waals surface area contributed by atoms with E-state index >= 15 is 0 Å². The summed E-state index contributed by atoms with van der Waals surface area (Å²) in [6.07, 6.45) is 1.65. The summed E-state index contributed by atoms with van der Waals surface area (Å²) in [5, 5.41) is 11.9. The van der Waals surface area contributed by atoms with E-state index in [-0.39, 0.29) is 5.92 Å². The third kappa shape index (κ3) is 2.54. The van der Waals surface area contributed by atoms with Crippen molar-refractivity contribution in [3.8, 4) is 0 Å². The minimum atomic E-state index is -1.22. The molecule has 19 heavy (non-hydrogen) atoms. The van der Waals surface area contributed by atoms with Gasteiger partial charge in [0.1, 0.15) is 5.54 Å². The number of nitrogen functional groups attached to an aromatic ring is 1. The number of nitrogens with two attached hydrogens (primary N) is 1. The molecule has 102 valence electrons. The quantitative estimate of drug-likeness (QED) is 0.718. The maximum atomic E-state index is 12.2. The SMILES string of the molecule is Cc1ccc(N)c(C(=O)NC(C)(C(=O)O)C2CC2)c1. The second-order valence-corrected chi connectivity index (χ2v) is 5.33. The summed E-state index contributed by atoms with van der Waals surface area (Å²) >= 11 is 0. The van der Waals surface area contributed by atoms with Crippen LogP contribution in [0.15, 0.2) is 18.2 Å². The third-order valence-corrected chi connectivity index (χ3v) is 3.66. The van der Waals surface area contributed by atoms with E-state index in [2.05, 4.69) is 5.32 Å². The summed E-state index contributed by atoms with van der Waals surface area (Å²) in [5.41, 5.74) is 6.14. The van der Waals surface area contributed by atoms with Crippen molar-refractivity contribution in [3.63, 3.8) is 0 Å². The summed E-state index contributed by atoms with van der Waals surface area (Å²) in [5.74, 6) is -1.44. The molecule has 1 aromatic carbocycles. The van der Waals surface area contributed by atoms with Gasteiger partial charge in [0.25, 0.3) is 5.91 Å². The Kier molecular flexibility index (Phi) is 3.22. The van der Waals surface area contributed by atoms with Gasteiger partial charge in [0.2, 0.25) is 0 Å². The van der Waals surface area contributed by atoms with Crippen molar-refractivity contribution in [2.45, 2.75) is 32.2 Å². The fraction of sp³-hybridized carbons (Fsp3) is 0.429. The summed E-state index contributed by atoms with van der Waals surface area (Å²) in [6.45, 7) is 3.41. The van der Waals surface area contributed by atoms with Crippen molar-refractivity contribution in [3.05, 3.63) is 29.3 Å². The monoisotopic (exact) mass is 262 g/mol. The van der Waals surface area contributed by atoms with Crippen molar-refractivity contribution >= 4 is 17.6 Å². The Morgan fingerprint density at radius 1 is 1.42 bits per heavy atom. The van der Waals surface area contributed by atoms with Crippen molar-refractivity contribution < 1.29 is 14.7 Å². The Bertz CT molecular complexity index is 537. The van der Waals surface area contributed by atoms with E-state index in [0.29, 0.717) is 11.3 Å². The van der Waals surface area contributed by atoms with Gasteiger partial charge in [-0.2, -0.15) is 0 Å². The number of amides is 1. The van der Waals surface area contributed by atoms with E-state index < -0.39 is 17.4 Å². The van der Waals surface area contributed by atoms with Crippen LogP contribution >= 0.6 is 0 Å². The minimum absolute atomic E-state index is 0.0000151. The summed E-state index contributed by atoms with van der Waals surface area (Å²) in [6, 6.07) is 5.13. The van der Waals surface area contributed by atoms with Crippen LogP contribution in [0, 0.1) is 12.8 Å². The van der Waals surface area contributed by atoms with Crippen LogP contribution in [-0.2, 0) is 4.79 Å². The van der Waals surface area contributed by atoms with Gasteiger partial charge in [-0.15, -0.1) is 0 Å². The van der Waals surface area contributed by atoms with Gasteiger partial charge in [-0.25, -0.2) is 4.79 Å². The van der Waals surface area contributed by atoms with Crippen molar-refractivity contribution in [1.29, 1.82) is 0 Å². The lowest BCUT2D eigenvalue weighted by atomic mass is 9.95. The number of carbonyl (C=O) groups is 2. The highest BCUT2D eigenvalue weighted by molar-refractivity contribution is 6.02. The largest absolute Gasteiger partial charge is 0.480 e. The van der Waals surface area contributed by atoms with Gasteiger partial charge in [0, 0.05) is 5.69 Å². The molecular weight excluding hydrogens is 244 g/mol. The van der Waals surface area contributed by atoms with Crippen molar-refractivity contribution in [1.82, 2.24) is 5.32 Å². The average molecular weight is 262 g/mol. The predicted octanol–water partition coefficient (Wildman–Crippen LogP) is 1.56. The normalized spacial score (nSPS) is 17.6. The summed E-state index contributed by atoms with van der Waals surface area (Å²) in [7, 11) is 0. The van der Waals surface area contributed by atoms with Crippen LogP contribution < -0.4 is 11.1 Å². The molecule has 1 unspecified atom stereocenters. The van der Waals surface area contributed by atoms with Crippen LogP contribution in [0.3, 0.4) is 0 Å². The molecule has 1 aromatic rings. The Balaban J connectivity index is 2.25. The molecule has 1 atom stereocenters. The van der Waals surface area contributed by atoms with E-state index in [1.54, 1.807) is 19.1 Å². The number of carboxylic acids is 1. The fourth-order valence-corrected chi connectivity index (χ4v) is 2.16. The molecular formula is C14H18N2O3. The zero-order chi connectivity index (χ0) is 14.2. The van der Waals surface area contributed by atoms with E-state index in [4.69, 9.17) is 5.73 Å². The minimum Gasteiger partial charge on any atom is -0.480 e. The smallest absolute Gasteiger partial charge is 0.329 e. The summed E-state index contributed by atoms with van der Waals surface area (Å²) in [4.78, 5) is 23.6. The van der Waals surface area contributed by atoms with E-state index in [1.807, 2.05) is 13.0 Å². The first-order chi connectivity index (χ1) is 8.84. The number of anilines is 1. The van der Waals surface area contributed by atoms with Crippen molar-refractivity contribution in [2.24, 2.45) is 5.92 Å². The molecule has 0 spiro atoms. The van der Waals surface area contributed by atoms with Crippen LogP contribution in [0.5, 0.6) is 0 Å². The van der Waals surface area contributed by atoms with Crippen LogP contribution in [0.25, 0.3) is 0 Å². The van der Waals surface area contributed by atoms with Gasteiger partial charge < -0.3 is 16.2 Å². The second-order valence-electron chi connectivity index (χ2n) is 5.33. The molecule has 0 bridgehead atoms. The number of hydrogen-bond acceptors (Lipinski definition) is 3. The van der Waals surface area contributed by atoms with Crippen LogP contribution in [0.2, 0.25) is 0 Å². The lowest BCUT2D eigenvalue weighted by Gasteiger charge is -2.26. The highest BCUT2D eigenvalue weighted by Crippen LogP contribution is 2.40. The van der Waals surface area contributed by atoms with Gasteiger partial charge in [-0.3, -0.25) is 4.79 Å². The Morgan fingerprint density at radius 3 is 2.58 bits per heavy atom. The highest BCUT2D eigenvalue weighted by Gasteiger charge is 2.48. The Morgan fingerprint density at radius 2 is 2.05 bits per heavy atom. The van der Waals surface area contributed by atoms with Gasteiger partial charge in [0.05, 0.1) is 5.56 Å². The zero-order valence-electron chi connectivity index (χ0n) is 11.1. The number of rotatable bonds is 4. The number of nitrogens with one attached hydrogen (secondary N) is 1. The van der Waals surface area contributed by atoms with Crippen LogP contribution in [0.4, 0.5) is 5.69 Å². The van der Waals surface area contributed by atoms with Gasteiger partial charge in [0.15, 0.2) is 0 Å². The maximum absolute atomic E-state index is 12.2. The molecule has 5 nitrogen and oxygen atoms in total. The number of hydrogen-bond donors (Lipinski definition) is 3. The van der Waals surface area contributed by atoms with E-state index in [1.165, 1.54) is 0 Å². The molecule has 1 aliphatic rings. The first-order valence-electron chi connectivity index (χ1n) is 6.26. The molecule has 2 rings (SSSR count). The highest BCUT2D eigenvalue weighted by atomic mass is 16.4.